The van der Waals surface area contributed by atoms with E-state index in [1.54, 1.807) is 19.1 Å². The fourth-order valence-electron chi connectivity index (χ4n) is 1.59. The van der Waals surface area contributed by atoms with E-state index < -0.39 is 5.82 Å². The van der Waals surface area contributed by atoms with Gasteiger partial charge in [0.05, 0.1) is 0 Å². The highest BCUT2D eigenvalue weighted by molar-refractivity contribution is 7.80. The van der Waals surface area contributed by atoms with Crippen LogP contribution in [-0.2, 0) is 6.42 Å². The summed E-state index contributed by atoms with van der Waals surface area (Å²) in [6.45, 7) is 2.30. The third-order valence-electron chi connectivity index (χ3n) is 2.48. The molecule has 0 unspecified atom stereocenters. The number of nitrogens with two attached hydrogens (primary N) is 1. The number of anilines is 1. The van der Waals surface area contributed by atoms with E-state index in [-0.39, 0.29) is 10.6 Å². The van der Waals surface area contributed by atoms with E-state index in [4.69, 9.17) is 22.5 Å². The smallest absolute Gasteiger partial charge is 0.223 e. The van der Waals surface area contributed by atoms with Gasteiger partial charge < -0.3 is 15.6 Å². The molecule has 1 heterocycles. The number of benzene rings is 1. The second kappa shape index (κ2) is 5.75. The number of aromatic nitrogens is 2. The molecule has 0 bridgehead atoms. The topological polar surface area (TPSA) is 77.0 Å². The van der Waals surface area contributed by atoms with Gasteiger partial charge in [-0.15, -0.1) is 0 Å². The Morgan fingerprint density at radius 2 is 2.32 bits per heavy atom. The van der Waals surface area contributed by atoms with E-state index in [1.165, 1.54) is 6.07 Å². The van der Waals surface area contributed by atoms with E-state index >= 15 is 0 Å². The number of hydrogen-bond donors (Lipinski definition) is 2. The van der Waals surface area contributed by atoms with Crippen LogP contribution in [0.3, 0.4) is 0 Å². The number of nitrogens with zero attached hydrogens (tertiary/aromatic N) is 2. The normalized spacial score (nSPS) is 10.4. The highest BCUT2D eigenvalue weighted by Gasteiger charge is 2.06. The van der Waals surface area contributed by atoms with Gasteiger partial charge >= 0.3 is 0 Å². The van der Waals surface area contributed by atoms with Gasteiger partial charge in [-0.2, -0.15) is 4.98 Å². The maximum atomic E-state index is 13.6. The molecule has 0 spiro atoms. The summed E-state index contributed by atoms with van der Waals surface area (Å²) in [6.07, 6.45) is 0.593. The molecule has 0 atom stereocenters. The Labute approximate surface area is 115 Å². The largest absolute Gasteiger partial charge is 0.389 e. The third-order valence-corrected chi connectivity index (χ3v) is 2.70. The lowest BCUT2D eigenvalue weighted by Gasteiger charge is -2.07. The van der Waals surface area contributed by atoms with Crippen molar-refractivity contribution in [1.82, 2.24) is 10.1 Å². The second-order valence-corrected chi connectivity index (χ2v) is 4.41. The van der Waals surface area contributed by atoms with Crippen LogP contribution in [-0.4, -0.2) is 21.7 Å². The monoisotopic (exact) mass is 280 g/mol. The first-order chi connectivity index (χ1) is 9.06. The van der Waals surface area contributed by atoms with Crippen LogP contribution in [0.5, 0.6) is 0 Å². The van der Waals surface area contributed by atoms with E-state index in [0.29, 0.717) is 30.4 Å². The zero-order valence-corrected chi connectivity index (χ0v) is 11.1. The molecule has 5 nitrogen and oxygen atoms in total. The van der Waals surface area contributed by atoms with Gasteiger partial charge in [0.1, 0.15) is 10.8 Å². The van der Waals surface area contributed by atoms with Crippen molar-refractivity contribution in [3.8, 4) is 0 Å². The van der Waals surface area contributed by atoms with Crippen LogP contribution in [0.15, 0.2) is 22.7 Å². The molecule has 2 rings (SSSR count). The molecule has 1 aromatic heterocycles. The molecule has 0 saturated carbocycles. The lowest BCUT2D eigenvalue weighted by atomic mass is 10.2. The van der Waals surface area contributed by atoms with Crippen molar-refractivity contribution in [2.75, 3.05) is 11.9 Å². The van der Waals surface area contributed by atoms with E-state index in [0.717, 1.165) is 0 Å². The first-order valence-electron chi connectivity index (χ1n) is 5.68. The van der Waals surface area contributed by atoms with E-state index in [9.17, 15) is 4.39 Å². The summed E-state index contributed by atoms with van der Waals surface area (Å²) < 4.78 is 18.5. The van der Waals surface area contributed by atoms with E-state index in [2.05, 4.69) is 15.5 Å². The number of thiocarbonyl (C=S) groups is 1. The molecule has 1 aromatic carbocycles. The lowest BCUT2D eigenvalue weighted by molar-refractivity contribution is 0.387. The first kappa shape index (κ1) is 13.4. The van der Waals surface area contributed by atoms with Crippen molar-refractivity contribution in [2.24, 2.45) is 5.73 Å². The lowest BCUT2D eigenvalue weighted by Crippen LogP contribution is -2.12. The van der Waals surface area contributed by atoms with Gasteiger partial charge in [-0.1, -0.05) is 17.4 Å². The number of rotatable bonds is 5. The number of nitrogens with one attached hydrogen (secondary N) is 1. The van der Waals surface area contributed by atoms with Gasteiger partial charge in [-0.25, -0.2) is 4.39 Å². The van der Waals surface area contributed by atoms with Crippen molar-refractivity contribution >= 4 is 22.9 Å². The minimum Gasteiger partial charge on any atom is -0.389 e. The van der Waals surface area contributed by atoms with Crippen LogP contribution in [0.2, 0.25) is 0 Å². The summed E-state index contributed by atoms with van der Waals surface area (Å²) in [4.78, 5) is 4.12. The Morgan fingerprint density at radius 3 is 2.89 bits per heavy atom. The SMILES string of the molecule is Cc1nc(CCNc2ccc(C(N)=S)c(F)c2)no1. The van der Waals surface area contributed by atoms with Crippen molar-refractivity contribution in [1.29, 1.82) is 0 Å². The van der Waals surface area contributed by atoms with Gasteiger partial charge in [0.25, 0.3) is 0 Å². The Hall–Kier alpha value is -2.02. The van der Waals surface area contributed by atoms with Gasteiger partial charge in [0.2, 0.25) is 5.89 Å². The first-order valence-corrected chi connectivity index (χ1v) is 6.09. The molecule has 2 aromatic rings. The molecule has 0 aliphatic carbocycles. The maximum Gasteiger partial charge on any atom is 0.223 e. The molecule has 7 heteroatoms. The van der Waals surface area contributed by atoms with Crippen LogP contribution < -0.4 is 11.1 Å². The average Bonchev–Trinajstić information content (AvgIpc) is 2.75. The minimum absolute atomic E-state index is 0.0475. The number of aryl methyl sites for hydroxylation is 1. The predicted molar refractivity (Wildman–Crippen MR) is 73.5 cm³/mol. The zero-order chi connectivity index (χ0) is 13.8. The zero-order valence-electron chi connectivity index (χ0n) is 10.3. The molecule has 0 aliphatic heterocycles. The Kier molecular flexibility index (Phi) is 4.06. The average molecular weight is 280 g/mol. The molecule has 19 heavy (non-hydrogen) atoms. The summed E-state index contributed by atoms with van der Waals surface area (Å²) in [5.74, 6) is 0.708. The van der Waals surface area contributed by atoms with Gasteiger partial charge in [0, 0.05) is 31.1 Å². The summed E-state index contributed by atoms with van der Waals surface area (Å²) in [5.41, 5.74) is 6.28. The quantitative estimate of drug-likeness (QED) is 0.813. The number of hydrogen-bond acceptors (Lipinski definition) is 5. The summed E-state index contributed by atoms with van der Waals surface area (Å²) in [5, 5.41) is 6.83. The Morgan fingerprint density at radius 1 is 1.53 bits per heavy atom. The summed E-state index contributed by atoms with van der Waals surface area (Å²) in [7, 11) is 0. The summed E-state index contributed by atoms with van der Waals surface area (Å²) >= 11 is 4.74. The molecule has 0 saturated heterocycles. The highest BCUT2D eigenvalue weighted by atomic mass is 32.1. The Bertz CT molecular complexity index is 599. The molecular formula is C12H13FN4OS. The molecule has 0 amide bonds. The van der Waals surface area contributed by atoms with Gasteiger partial charge in [0.15, 0.2) is 5.82 Å². The van der Waals surface area contributed by atoms with Gasteiger partial charge in [-0.05, 0) is 18.2 Å². The molecular weight excluding hydrogens is 267 g/mol. The standard InChI is InChI=1S/C12H13FN4OS/c1-7-16-11(17-18-7)4-5-15-8-2-3-9(12(14)19)10(13)6-8/h2-3,6,15H,4-5H2,1H3,(H2,14,19). The highest BCUT2D eigenvalue weighted by Crippen LogP contribution is 2.14. The van der Waals surface area contributed by atoms with Crippen LogP contribution in [0.25, 0.3) is 0 Å². The minimum atomic E-state index is -0.437. The second-order valence-electron chi connectivity index (χ2n) is 3.97. The molecule has 0 fully saturated rings. The van der Waals surface area contributed by atoms with Crippen molar-refractivity contribution in [2.45, 2.75) is 13.3 Å². The molecule has 0 radical (unpaired) electrons. The van der Waals surface area contributed by atoms with Crippen molar-refractivity contribution < 1.29 is 8.91 Å². The van der Waals surface area contributed by atoms with Gasteiger partial charge in [-0.3, -0.25) is 0 Å². The Balaban J connectivity index is 1.93. The van der Waals surface area contributed by atoms with Crippen LogP contribution in [0.4, 0.5) is 10.1 Å². The fourth-order valence-corrected chi connectivity index (χ4v) is 1.75. The van der Waals surface area contributed by atoms with E-state index in [1.807, 2.05) is 0 Å². The van der Waals surface area contributed by atoms with Crippen molar-refractivity contribution in [3.63, 3.8) is 0 Å². The molecule has 100 valence electrons. The van der Waals surface area contributed by atoms with Crippen LogP contribution in [0.1, 0.15) is 17.3 Å². The molecule has 0 aliphatic rings. The summed E-state index contributed by atoms with van der Waals surface area (Å²) in [6, 6.07) is 4.63. The molecule has 3 N–H and O–H groups in total. The fraction of sp³-hybridized carbons (Fsp3) is 0.250. The van der Waals surface area contributed by atoms with Crippen LogP contribution >= 0.6 is 12.2 Å². The maximum absolute atomic E-state index is 13.6. The number of halogens is 1. The predicted octanol–water partition coefficient (Wildman–Crippen LogP) is 1.81. The van der Waals surface area contributed by atoms with Crippen LogP contribution in [0, 0.1) is 12.7 Å². The third kappa shape index (κ3) is 3.47. The van der Waals surface area contributed by atoms with Crippen molar-refractivity contribution in [3.05, 3.63) is 41.3 Å².